The third-order valence-corrected chi connectivity index (χ3v) is 1.87. The van der Waals surface area contributed by atoms with E-state index in [0.717, 1.165) is 0 Å². The number of benzene rings is 1. The van der Waals surface area contributed by atoms with Crippen LogP contribution in [0, 0.1) is 35.4 Å². The van der Waals surface area contributed by atoms with E-state index in [1.807, 2.05) is 12.1 Å². The van der Waals surface area contributed by atoms with Crippen molar-refractivity contribution in [1.82, 2.24) is 0 Å². The molecule has 0 saturated heterocycles. The fraction of sp³-hybridized carbons (Fsp3) is 0.200. The summed E-state index contributed by atoms with van der Waals surface area (Å²) < 4.78 is 13.0. The molecule has 1 aromatic carbocycles. The lowest BCUT2D eigenvalue weighted by Gasteiger charge is -2.03. The van der Waals surface area contributed by atoms with Crippen LogP contribution in [0.3, 0.4) is 0 Å². The van der Waals surface area contributed by atoms with Crippen molar-refractivity contribution in [3.63, 3.8) is 0 Å². The van der Waals surface area contributed by atoms with Crippen LogP contribution in [-0.2, 0) is 6.42 Å². The monoisotopic (exact) mass is 174 g/mol. The van der Waals surface area contributed by atoms with Gasteiger partial charge in [-0.1, -0.05) is 6.07 Å². The van der Waals surface area contributed by atoms with Crippen LogP contribution in [0.15, 0.2) is 12.1 Å². The van der Waals surface area contributed by atoms with Gasteiger partial charge in [-0.25, -0.2) is 4.39 Å². The Bertz CT molecular complexity index is 410. The van der Waals surface area contributed by atoms with E-state index in [-0.39, 0.29) is 12.0 Å². The van der Waals surface area contributed by atoms with E-state index in [2.05, 4.69) is 0 Å². The second-order valence-corrected chi connectivity index (χ2v) is 2.65. The minimum Gasteiger partial charge on any atom is -0.207 e. The molecule has 0 saturated carbocycles. The second-order valence-electron chi connectivity index (χ2n) is 2.65. The first-order valence-corrected chi connectivity index (χ1v) is 3.75. The molecule has 0 unspecified atom stereocenters. The molecule has 0 aromatic heterocycles. The molecule has 0 spiro atoms. The summed E-state index contributed by atoms with van der Waals surface area (Å²) in [5.41, 5.74) is 1.18. The number of nitrogens with zero attached hydrogens (tertiary/aromatic N) is 2. The molecule has 0 fully saturated rings. The molecule has 1 rings (SSSR count). The molecule has 0 amide bonds. The topological polar surface area (TPSA) is 47.6 Å². The fourth-order valence-corrected chi connectivity index (χ4v) is 1.13. The van der Waals surface area contributed by atoms with Crippen molar-refractivity contribution in [1.29, 1.82) is 10.5 Å². The van der Waals surface area contributed by atoms with Crippen LogP contribution in [-0.4, -0.2) is 0 Å². The van der Waals surface area contributed by atoms with Gasteiger partial charge in [-0.2, -0.15) is 10.5 Å². The molecule has 0 radical (unpaired) electrons. The summed E-state index contributed by atoms with van der Waals surface area (Å²) in [6.07, 6.45) is 0.143. The van der Waals surface area contributed by atoms with Crippen molar-refractivity contribution in [2.24, 2.45) is 0 Å². The maximum Gasteiger partial charge on any atom is 0.127 e. The van der Waals surface area contributed by atoms with Crippen LogP contribution in [0.1, 0.15) is 16.7 Å². The summed E-state index contributed by atoms with van der Waals surface area (Å²) in [6.45, 7) is 1.54. The molecule has 3 heteroatoms. The zero-order valence-corrected chi connectivity index (χ0v) is 7.13. The van der Waals surface area contributed by atoms with Crippen LogP contribution in [0.25, 0.3) is 0 Å². The van der Waals surface area contributed by atoms with Crippen molar-refractivity contribution in [2.75, 3.05) is 0 Å². The van der Waals surface area contributed by atoms with Gasteiger partial charge in [0.25, 0.3) is 0 Å². The number of rotatable bonds is 1. The Morgan fingerprint density at radius 3 is 2.62 bits per heavy atom. The molecule has 13 heavy (non-hydrogen) atoms. The van der Waals surface area contributed by atoms with Gasteiger partial charge in [-0.3, -0.25) is 0 Å². The molecular weight excluding hydrogens is 167 g/mol. The lowest BCUT2D eigenvalue weighted by atomic mass is 10.0. The highest BCUT2D eigenvalue weighted by molar-refractivity contribution is 5.45. The van der Waals surface area contributed by atoms with Crippen LogP contribution in [0.2, 0.25) is 0 Å². The smallest absolute Gasteiger partial charge is 0.127 e. The average Bonchev–Trinajstić information content (AvgIpc) is 2.12. The Hall–Kier alpha value is -1.87. The van der Waals surface area contributed by atoms with Crippen molar-refractivity contribution < 1.29 is 4.39 Å². The zero-order chi connectivity index (χ0) is 9.84. The highest BCUT2D eigenvalue weighted by Gasteiger charge is 2.08. The summed E-state index contributed by atoms with van der Waals surface area (Å²) in [7, 11) is 0. The minimum atomic E-state index is -0.404. The highest BCUT2D eigenvalue weighted by Crippen LogP contribution is 2.16. The van der Waals surface area contributed by atoms with Gasteiger partial charge in [-0.15, -0.1) is 0 Å². The third-order valence-electron chi connectivity index (χ3n) is 1.87. The van der Waals surface area contributed by atoms with Crippen molar-refractivity contribution in [3.05, 3.63) is 34.6 Å². The van der Waals surface area contributed by atoms with E-state index in [1.54, 1.807) is 0 Å². The Morgan fingerprint density at radius 2 is 2.08 bits per heavy atom. The Morgan fingerprint density at radius 1 is 1.38 bits per heavy atom. The maximum atomic E-state index is 13.0. The van der Waals surface area contributed by atoms with Crippen LogP contribution in [0.4, 0.5) is 4.39 Å². The number of halogens is 1. The zero-order valence-electron chi connectivity index (χ0n) is 7.13. The average molecular weight is 174 g/mol. The van der Waals surface area contributed by atoms with Crippen LogP contribution < -0.4 is 0 Å². The summed E-state index contributed by atoms with van der Waals surface area (Å²) in [5, 5.41) is 17.2. The van der Waals surface area contributed by atoms with Gasteiger partial charge >= 0.3 is 0 Å². The van der Waals surface area contributed by atoms with E-state index < -0.39 is 5.82 Å². The lowest BCUT2D eigenvalue weighted by molar-refractivity contribution is 0.617. The van der Waals surface area contributed by atoms with Gasteiger partial charge in [-0.05, 0) is 18.6 Å². The maximum absolute atomic E-state index is 13.0. The first-order valence-electron chi connectivity index (χ1n) is 3.75. The SMILES string of the molecule is Cc1c(F)ccc(CC#N)c1C#N. The largest absolute Gasteiger partial charge is 0.207 e. The number of hydrogen-bond acceptors (Lipinski definition) is 2. The lowest BCUT2D eigenvalue weighted by Crippen LogP contribution is -1.95. The van der Waals surface area contributed by atoms with Gasteiger partial charge in [0.1, 0.15) is 5.82 Å². The molecule has 0 aliphatic rings. The molecule has 0 atom stereocenters. The number of nitriles is 2. The van der Waals surface area contributed by atoms with E-state index >= 15 is 0 Å². The Kier molecular flexibility index (Phi) is 2.62. The fourth-order valence-electron chi connectivity index (χ4n) is 1.13. The molecule has 1 aromatic rings. The molecule has 0 N–H and O–H groups in total. The molecule has 0 aliphatic heterocycles. The van der Waals surface area contributed by atoms with E-state index in [9.17, 15) is 4.39 Å². The number of hydrogen-bond donors (Lipinski definition) is 0. The Balaban J connectivity index is 3.34. The van der Waals surface area contributed by atoms with Gasteiger partial charge in [0, 0.05) is 5.56 Å². The van der Waals surface area contributed by atoms with Gasteiger partial charge in [0.05, 0.1) is 24.1 Å². The van der Waals surface area contributed by atoms with Gasteiger partial charge in [0.15, 0.2) is 0 Å². The van der Waals surface area contributed by atoms with Gasteiger partial charge < -0.3 is 0 Å². The minimum absolute atomic E-state index is 0.143. The van der Waals surface area contributed by atoms with E-state index in [1.165, 1.54) is 19.1 Å². The Labute approximate surface area is 75.8 Å². The molecule has 0 heterocycles. The molecule has 0 bridgehead atoms. The molecule has 0 aliphatic carbocycles. The molecular formula is C10H7FN2. The third kappa shape index (κ3) is 1.65. The van der Waals surface area contributed by atoms with E-state index in [0.29, 0.717) is 11.1 Å². The normalized spacial score (nSPS) is 8.92. The second kappa shape index (κ2) is 3.69. The van der Waals surface area contributed by atoms with Crippen LogP contribution in [0.5, 0.6) is 0 Å². The first-order chi connectivity index (χ1) is 6.20. The van der Waals surface area contributed by atoms with Crippen molar-refractivity contribution in [2.45, 2.75) is 13.3 Å². The quantitative estimate of drug-likeness (QED) is 0.654. The summed E-state index contributed by atoms with van der Waals surface area (Å²) in [4.78, 5) is 0. The van der Waals surface area contributed by atoms with Gasteiger partial charge in [0.2, 0.25) is 0 Å². The standard InChI is InChI=1S/C10H7FN2/c1-7-9(6-13)8(4-5-12)2-3-10(7)11/h2-3H,4H2,1H3. The summed E-state index contributed by atoms with van der Waals surface area (Å²) >= 11 is 0. The van der Waals surface area contributed by atoms with Crippen molar-refractivity contribution in [3.8, 4) is 12.1 Å². The predicted octanol–water partition coefficient (Wildman–Crippen LogP) is 2.07. The van der Waals surface area contributed by atoms with Crippen LogP contribution >= 0.6 is 0 Å². The summed E-state index contributed by atoms with van der Waals surface area (Å²) in [5.74, 6) is -0.404. The molecule has 2 nitrogen and oxygen atoms in total. The van der Waals surface area contributed by atoms with Crippen molar-refractivity contribution >= 4 is 0 Å². The van der Waals surface area contributed by atoms with E-state index in [4.69, 9.17) is 10.5 Å². The highest BCUT2D eigenvalue weighted by atomic mass is 19.1. The predicted molar refractivity (Wildman–Crippen MR) is 45.2 cm³/mol. The summed E-state index contributed by atoms with van der Waals surface area (Å²) in [6, 6.07) is 6.59. The molecule has 64 valence electrons. The first kappa shape index (κ1) is 9.22.